The fraction of sp³-hybridized carbons (Fsp3) is 0.214. The van der Waals surface area contributed by atoms with Gasteiger partial charge in [-0.3, -0.25) is 4.79 Å². The van der Waals surface area contributed by atoms with Gasteiger partial charge in [0.05, 0.1) is 10.6 Å². The zero-order chi connectivity index (χ0) is 13.8. The van der Waals surface area contributed by atoms with Gasteiger partial charge >= 0.3 is 0 Å². The van der Waals surface area contributed by atoms with Crippen LogP contribution in [0.15, 0.2) is 40.2 Å². The molecule has 0 atom stereocenters. The summed E-state index contributed by atoms with van der Waals surface area (Å²) >= 11 is 11.2. The Balaban J connectivity index is 2.04. The zero-order valence-corrected chi connectivity index (χ0v) is 13.6. The molecule has 1 heterocycles. The molecule has 0 fully saturated rings. The predicted molar refractivity (Wildman–Crippen MR) is 84.1 cm³/mol. The molecule has 0 aliphatic carbocycles. The van der Waals surface area contributed by atoms with Crippen molar-refractivity contribution in [3.8, 4) is 0 Å². The van der Waals surface area contributed by atoms with Crippen LogP contribution in [0, 0.1) is 0 Å². The number of hydrogen-bond acceptors (Lipinski definition) is 2. The molecule has 5 heteroatoms. The van der Waals surface area contributed by atoms with Crippen molar-refractivity contribution in [1.29, 1.82) is 0 Å². The van der Waals surface area contributed by atoms with Gasteiger partial charge in [-0.15, -0.1) is 11.3 Å². The van der Waals surface area contributed by atoms with Gasteiger partial charge in [0.15, 0.2) is 0 Å². The van der Waals surface area contributed by atoms with Crippen molar-refractivity contribution in [2.24, 2.45) is 0 Å². The second-order valence-electron chi connectivity index (χ2n) is 4.16. The third kappa shape index (κ3) is 3.59. The van der Waals surface area contributed by atoms with E-state index in [4.69, 9.17) is 11.6 Å². The number of carbonyl (C=O) groups is 1. The van der Waals surface area contributed by atoms with E-state index in [-0.39, 0.29) is 5.91 Å². The summed E-state index contributed by atoms with van der Waals surface area (Å²) in [5.74, 6) is -0.0529. The molecule has 0 aliphatic heterocycles. The van der Waals surface area contributed by atoms with E-state index < -0.39 is 0 Å². The fourth-order valence-electron chi connectivity index (χ4n) is 1.71. The van der Waals surface area contributed by atoms with Crippen LogP contribution in [0.25, 0.3) is 0 Å². The van der Waals surface area contributed by atoms with E-state index in [0.29, 0.717) is 17.1 Å². The third-order valence-electron chi connectivity index (χ3n) is 2.80. The molecule has 0 saturated heterocycles. The molecule has 0 bridgehead atoms. The number of amides is 1. The lowest BCUT2D eigenvalue weighted by Crippen LogP contribution is -2.29. The van der Waals surface area contributed by atoms with E-state index in [1.54, 1.807) is 29.4 Å². The Hall–Kier alpha value is -0.840. The van der Waals surface area contributed by atoms with Crippen LogP contribution in [0.2, 0.25) is 5.02 Å². The van der Waals surface area contributed by atoms with Gasteiger partial charge in [0.25, 0.3) is 5.91 Å². The molecular weight excluding hydrogens is 346 g/mol. The van der Waals surface area contributed by atoms with Crippen molar-refractivity contribution in [1.82, 2.24) is 4.90 Å². The lowest BCUT2D eigenvalue weighted by molar-refractivity contribution is 0.0797. The maximum atomic E-state index is 12.3. The molecule has 2 aromatic rings. The largest absolute Gasteiger partial charge is 0.341 e. The Morgan fingerprint density at radius 1 is 1.37 bits per heavy atom. The first-order valence-corrected chi connectivity index (χ1v) is 7.86. The summed E-state index contributed by atoms with van der Waals surface area (Å²) in [4.78, 5) is 15.3. The van der Waals surface area contributed by atoms with Crippen molar-refractivity contribution in [2.45, 2.75) is 6.42 Å². The molecule has 0 spiro atoms. The first kappa shape index (κ1) is 14.6. The van der Waals surface area contributed by atoms with Gasteiger partial charge in [0.1, 0.15) is 0 Å². The Bertz CT molecular complexity index is 571. The summed E-state index contributed by atoms with van der Waals surface area (Å²) in [6.45, 7) is 0.683. The number of carbonyl (C=O) groups excluding carboxylic acids is 1. The van der Waals surface area contributed by atoms with Crippen LogP contribution in [0.1, 0.15) is 15.2 Å². The Labute approximate surface area is 130 Å². The molecule has 0 aliphatic rings. The van der Waals surface area contributed by atoms with E-state index in [1.165, 1.54) is 4.88 Å². The summed E-state index contributed by atoms with van der Waals surface area (Å²) in [5, 5.41) is 2.51. The molecule has 1 aromatic carbocycles. The van der Waals surface area contributed by atoms with Gasteiger partial charge < -0.3 is 4.90 Å². The fourth-order valence-corrected chi connectivity index (χ4v) is 2.98. The summed E-state index contributed by atoms with van der Waals surface area (Å²) < 4.78 is 0.742. The lowest BCUT2D eigenvalue weighted by atomic mass is 10.2. The SMILES string of the molecule is CN(CCc1cccs1)C(=O)c1cccc(Br)c1Cl. The van der Waals surface area contributed by atoms with Crippen LogP contribution in [0.3, 0.4) is 0 Å². The highest BCUT2D eigenvalue weighted by Crippen LogP contribution is 2.26. The van der Waals surface area contributed by atoms with E-state index in [1.807, 2.05) is 23.6 Å². The molecule has 19 heavy (non-hydrogen) atoms. The quantitative estimate of drug-likeness (QED) is 0.789. The van der Waals surface area contributed by atoms with Crippen LogP contribution in [-0.2, 0) is 6.42 Å². The van der Waals surface area contributed by atoms with Crippen molar-refractivity contribution in [3.63, 3.8) is 0 Å². The molecule has 2 rings (SSSR count). The Kier molecular flexibility index (Phi) is 5.02. The average molecular weight is 359 g/mol. The Morgan fingerprint density at radius 3 is 2.84 bits per heavy atom. The minimum absolute atomic E-state index is 0.0529. The molecule has 2 nitrogen and oxygen atoms in total. The highest BCUT2D eigenvalue weighted by atomic mass is 79.9. The van der Waals surface area contributed by atoms with Gasteiger partial charge in [0.2, 0.25) is 0 Å². The highest BCUT2D eigenvalue weighted by molar-refractivity contribution is 9.10. The molecule has 0 unspecified atom stereocenters. The second kappa shape index (κ2) is 6.55. The summed E-state index contributed by atoms with van der Waals surface area (Å²) in [7, 11) is 1.80. The summed E-state index contributed by atoms with van der Waals surface area (Å²) in [6.07, 6.45) is 0.867. The van der Waals surface area contributed by atoms with Crippen LogP contribution >= 0.6 is 38.9 Å². The van der Waals surface area contributed by atoms with Crippen LogP contribution in [0.5, 0.6) is 0 Å². The Morgan fingerprint density at radius 2 is 2.16 bits per heavy atom. The maximum Gasteiger partial charge on any atom is 0.255 e. The van der Waals surface area contributed by atoms with Gasteiger partial charge in [-0.2, -0.15) is 0 Å². The smallest absolute Gasteiger partial charge is 0.255 e. The number of nitrogens with zero attached hydrogens (tertiary/aromatic N) is 1. The zero-order valence-electron chi connectivity index (χ0n) is 10.4. The number of benzene rings is 1. The maximum absolute atomic E-state index is 12.3. The molecule has 0 saturated carbocycles. The van der Waals surface area contributed by atoms with Gasteiger partial charge in [-0.1, -0.05) is 23.7 Å². The first-order chi connectivity index (χ1) is 9.09. The number of rotatable bonds is 4. The topological polar surface area (TPSA) is 20.3 Å². The van der Waals surface area contributed by atoms with Crippen molar-refractivity contribution in [2.75, 3.05) is 13.6 Å². The molecular formula is C14H13BrClNOS. The molecule has 1 aromatic heterocycles. The van der Waals surface area contributed by atoms with Gasteiger partial charge in [-0.05, 0) is 45.9 Å². The average Bonchev–Trinajstić information content (AvgIpc) is 2.91. The van der Waals surface area contributed by atoms with Crippen molar-refractivity contribution < 1.29 is 4.79 Å². The predicted octanol–water partition coefficient (Wildman–Crippen LogP) is 4.48. The summed E-state index contributed by atoms with van der Waals surface area (Å²) in [6, 6.07) is 9.49. The minimum atomic E-state index is -0.0529. The number of thiophene rings is 1. The lowest BCUT2D eigenvalue weighted by Gasteiger charge is -2.17. The third-order valence-corrected chi connectivity index (χ3v) is 5.03. The minimum Gasteiger partial charge on any atom is -0.341 e. The van der Waals surface area contributed by atoms with E-state index in [9.17, 15) is 4.79 Å². The summed E-state index contributed by atoms with van der Waals surface area (Å²) in [5.41, 5.74) is 0.532. The highest BCUT2D eigenvalue weighted by Gasteiger charge is 2.16. The van der Waals surface area contributed by atoms with E-state index in [0.717, 1.165) is 10.9 Å². The number of halogens is 2. The first-order valence-electron chi connectivity index (χ1n) is 5.81. The van der Waals surface area contributed by atoms with Crippen LogP contribution in [-0.4, -0.2) is 24.4 Å². The second-order valence-corrected chi connectivity index (χ2v) is 6.42. The molecule has 100 valence electrons. The van der Waals surface area contributed by atoms with Crippen molar-refractivity contribution in [3.05, 3.63) is 55.6 Å². The van der Waals surface area contributed by atoms with Crippen LogP contribution in [0.4, 0.5) is 0 Å². The van der Waals surface area contributed by atoms with Gasteiger partial charge in [-0.25, -0.2) is 0 Å². The van der Waals surface area contributed by atoms with Gasteiger partial charge in [0, 0.05) is 22.9 Å². The van der Waals surface area contributed by atoms with E-state index in [2.05, 4.69) is 22.0 Å². The van der Waals surface area contributed by atoms with Crippen molar-refractivity contribution >= 4 is 44.8 Å². The molecule has 1 amide bonds. The normalized spacial score (nSPS) is 10.5. The van der Waals surface area contributed by atoms with E-state index >= 15 is 0 Å². The molecule has 0 radical (unpaired) electrons. The number of hydrogen-bond donors (Lipinski definition) is 0. The van der Waals surface area contributed by atoms with Crippen LogP contribution < -0.4 is 0 Å². The number of likely N-dealkylation sites (N-methyl/N-ethyl adjacent to an activating group) is 1. The standard InChI is InChI=1S/C14H13BrClNOS/c1-17(8-7-10-4-3-9-19-10)14(18)11-5-2-6-12(15)13(11)16/h2-6,9H,7-8H2,1H3. The monoisotopic (exact) mass is 357 g/mol. The molecule has 0 N–H and O–H groups in total.